The van der Waals surface area contributed by atoms with E-state index in [2.05, 4.69) is 39.1 Å². The van der Waals surface area contributed by atoms with Gasteiger partial charge < -0.3 is 20.1 Å². The van der Waals surface area contributed by atoms with E-state index in [1.807, 2.05) is 121 Å². The minimum atomic E-state index is -1.59. The Hall–Kier alpha value is -6.21. The van der Waals surface area contributed by atoms with Crippen LogP contribution in [-0.4, -0.2) is 70.3 Å². The lowest BCUT2D eigenvalue weighted by Gasteiger charge is -2.46. The van der Waals surface area contributed by atoms with Gasteiger partial charge in [-0.3, -0.25) is 24.2 Å². The number of nitrogens with one attached hydrogen (secondary N) is 1. The van der Waals surface area contributed by atoms with Gasteiger partial charge in [0.2, 0.25) is 11.8 Å². The lowest BCUT2D eigenvalue weighted by molar-refractivity contribution is -0.179. The summed E-state index contributed by atoms with van der Waals surface area (Å²) in [5.74, 6) is 4.52. The number of amides is 2. The first-order valence-corrected chi connectivity index (χ1v) is 21.2. The molecule has 5 aromatic rings. The number of carbonyl (C=O) groups is 3. The number of rotatable bonds is 7. The third-order valence-corrected chi connectivity index (χ3v) is 12.8. The highest BCUT2D eigenvalue weighted by Crippen LogP contribution is 2.65. The van der Waals surface area contributed by atoms with Crippen molar-refractivity contribution in [1.82, 2.24) is 14.7 Å². The van der Waals surface area contributed by atoms with Crippen LogP contribution in [0.5, 0.6) is 5.75 Å². The summed E-state index contributed by atoms with van der Waals surface area (Å²) in [6.45, 7) is 2.35. The van der Waals surface area contributed by atoms with Crippen LogP contribution in [0.2, 0.25) is 0 Å². The van der Waals surface area contributed by atoms with E-state index in [-0.39, 0.29) is 17.6 Å². The molecule has 6 atom stereocenters. The van der Waals surface area contributed by atoms with Crippen LogP contribution in [0, 0.1) is 17.8 Å². The Kier molecular flexibility index (Phi) is 11.0. The molecule has 4 aliphatic heterocycles. The van der Waals surface area contributed by atoms with Crippen LogP contribution in [0.3, 0.4) is 0 Å². The van der Waals surface area contributed by atoms with Crippen LogP contribution in [0.25, 0.3) is 0 Å². The van der Waals surface area contributed by atoms with E-state index in [1.165, 1.54) is 5.56 Å². The highest BCUT2D eigenvalue weighted by molar-refractivity contribution is 6.12. The molecule has 9 nitrogen and oxygen atoms in total. The van der Waals surface area contributed by atoms with Crippen LogP contribution in [-0.2, 0) is 31.1 Å². The second kappa shape index (κ2) is 16.8. The number of hydrogen-bond donors (Lipinski definition) is 2. The van der Waals surface area contributed by atoms with Crippen molar-refractivity contribution in [3.8, 4) is 17.6 Å². The molecule has 9 rings (SSSR count). The normalized spacial score (nSPS) is 25.0. The zero-order valence-electron chi connectivity index (χ0n) is 33.9. The molecule has 0 aromatic heterocycles. The molecule has 2 amide bonds. The Bertz CT molecular complexity index is 2410. The third-order valence-electron chi connectivity index (χ3n) is 12.8. The predicted octanol–water partition coefficient (Wildman–Crippen LogP) is 7.94. The van der Waals surface area contributed by atoms with E-state index in [9.17, 15) is 5.11 Å². The van der Waals surface area contributed by atoms with Crippen LogP contribution in [0.15, 0.2) is 133 Å². The molecule has 304 valence electrons. The van der Waals surface area contributed by atoms with Crippen LogP contribution in [0.4, 0.5) is 5.69 Å². The first kappa shape index (κ1) is 39.3. The van der Waals surface area contributed by atoms with Crippen molar-refractivity contribution in [3.63, 3.8) is 0 Å². The predicted molar refractivity (Wildman–Crippen MR) is 230 cm³/mol. The summed E-state index contributed by atoms with van der Waals surface area (Å²) < 4.78 is 6.59. The fourth-order valence-electron chi connectivity index (χ4n) is 10.2. The summed E-state index contributed by atoms with van der Waals surface area (Å²) in [6, 6.07) is 39.9. The number of phenols is 1. The quantitative estimate of drug-likeness (QED) is 0.127. The molecular weight excluding hydrogens is 749 g/mol. The summed E-state index contributed by atoms with van der Waals surface area (Å²) in [5.41, 5.74) is 3.92. The number of phenolic OH excluding ortho intramolecular Hbond substituents is 1. The molecule has 0 bridgehead atoms. The molecule has 0 radical (unpaired) electrons. The summed E-state index contributed by atoms with van der Waals surface area (Å²) in [5, 5.41) is 13.8. The van der Waals surface area contributed by atoms with E-state index >= 15 is 14.4 Å². The first-order valence-electron chi connectivity index (χ1n) is 21.2. The van der Waals surface area contributed by atoms with Crippen LogP contribution < -0.4 is 5.32 Å². The smallest absolute Gasteiger partial charge is 0.324 e. The maximum absolute atomic E-state index is 15.7. The van der Waals surface area contributed by atoms with Crippen LogP contribution in [0.1, 0.15) is 83.7 Å². The monoisotopic (exact) mass is 798 g/mol. The number of ether oxygens (including phenoxy) is 1. The van der Waals surface area contributed by atoms with Gasteiger partial charge in [-0.25, -0.2) is 0 Å². The lowest BCUT2D eigenvalue weighted by Crippen LogP contribution is -2.55. The zero-order valence-corrected chi connectivity index (χ0v) is 33.9. The van der Waals surface area contributed by atoms with Gasteiger partial charge in [0.25, 0.3) is 0 Å². The fraction of sp³-hybridized carbons (Fsp3) is 0.314. The molecule has 5 aromatic carbocycles. The van der Waals surface area contributed by atoms with Gasteiger partial charge in [0, 0.05) is 30.9 Å². The van der Waals surface area contributed by atoms with E-state index in [1.54, 1.807) is 12.1 Å². The van der Waals surface area contributed by atoms with E-state index in [0.717, 1.165) is 49.8 Å². The van der Waals surface area contributed by atoms with Crippen molar-refractivity contribution in [3.05, 3.63) is 167 Å². The highest BCUT2D eigenvalue weighted by Gasteiger charge is 2.74. The molecule has 1 spiro atoms. The lowest BCUT2D eigenvalue weighted by atomic mass is 9.65. The number of nitrogens with zero attached hydrogens (tertiary/aromatic N) is 3. The Labute approximate surface area is 352 Å². The Morgan fingerprint density at radius 2 is 1.42 bits per heavy atom. The Balaban J connectivity index is 1.24. The second-order valence-corrected chi connectivity index (χ2v) is 16.6. The fourth-order valence-corrected chi connectivity index (χ4v) is 10.2. The van der Waals surface area contributed by atoms with Gasteiger partial charge in [-0.1, -0.05) is 134 Å². The number of esters is 1. The van der Waals surface area contributed by atoms with Crippen molar-refractivity contribution < 1.29 is 24.2 Å². The SMILES string of the molecule is CN(CC#Cc1ccc2c(c1)C1(C(=O)N2)C(C(=O)N2CCCCCCC2)C2C(=O)OC(c3ccccc3)C(c3ccccc3)N2C1c1ccc(O)cc1)Cc1ccccc1. The second-order valence-electron chi connectivity index (χ2n) is 16.6. The summed E-state index contributed by atoms with van der Waals surface area (Å²) in [4.78, 5) is 52.5. The first-order chi connectivity index (χ1) is 29.3. The van der Waals surface area contributed by atoms with Gasteiger partial charge in [0.15, 0.2) is 0 Å². The number of anilines is 1. The van der Waals surface area contributed by atoms with Crippen molar-refractivity contribution in [2.24, 2.45) is 5.92 Å². The zero-order chi connectivity index (χ0) is 41.2. The number of morpholine rings is 1. The average Bonchev–Trinajstić information content (AvgIpc) is 3.73. The minimum Gasteiger partial charge on any atom is -0.508 e. The molecule has 3 saturated heterocycles. The molecule has 9 heteroatoms. The maximum Gasteiger partial charge on any atom is 0.324 e. The number of benzene rings is 5. The van der Waals surface area contributed by atoms with E-state index in [4.69, 9.17) is 4.74 Å². The Morgan fingerprint density at radius 3 is 2.10 bits per heavy atom. The number of fused-ring (bicyclic) bond motifs is 3. The van der Waals surface area contributed by atoms with E-state index < -0.39 is 41.5 Å². The molecule has 2 N–H and O–H groups in total. The molecule has 0 saturated carbocycles. The van der Waals surface area contributed by atoms with Gasteiger partial charge in [0.1, 0.15) is 23.3 Å². The van der Waals surface area contributed by atoms with Gasteiger partial charge in [-0.2, -0.15) is 0 Å². The number of cyclic esters (lactones) is 1. The number of aromatic hydroxyl groups is 1. The standard InChI is InChI=1S/C51H50N4O5/c1-53(34-36-17-8-5-9-18-36)30-16-19-35-24-29-42-41(33-35)51(50(59)52-42)43(48(57)54-31-14-3-2-4-15-32-54)45-49(58)60-46(38-22-12-7-13-23-38)44(37-20-10-6-11-21-37)55(45)47(51)39-25-27-40(56)28-26-39/h5-13,17-18,20-29,33,43-47,56H,2-4,14-15,30-32,34H2,1H3,(H,52,59). The summed E-state index contributed by atoms with van der Waals surface area (Å²) in [6.07, 6.45) is 4.06. The van der Waals surface area contributed by atoms with Crippen molar-refractivity contribution >= 4 is 23.5 Å². The number of likely N-dealkylation sites (tertiary alicyclic amines) is 1. The van der Waals surface area contributed by atoms with Gasteiger partial charge in [-0.15, -0.1) is 0 Å². The maximum atomic E-state index is 15.7. The molecule has 0 aliphatic carbocycles. The topological polar surface area (TPSA) is 102 Å². The average molecular weight is 799 g/mol. The summed E-state index contributed by atoms with van der Waals surface area (Å²) in [7, 11) is 2.03. The highest BCUT2D eigenvalue weighted by atomic mass is 16.6. The van der Waals surface area contributed by atoms with Crippen molar-refractivity contribution in [2.75, 3.05) is 32.0 Å². The largest absolute Gasteiger partial charge is 0.508 e. The molecule has 4 heterocycles. The summed E-state index contributed by atoms with van der Waals surface area (Å²) >= 11 is 0. The molecule has 60 heavy (non-hydrogen) atoms. The van der Waals surface area contributed by atoms with E-state index in [0.29, 0.717) is 42.0 Å². The van der Waals surface area contributed by atoms with Gasteiger partial charge in [-0.05, 0) is 78.0 Å². The van der Waals surface area contributed by atoms with Crippen molar-refractivity contribution in [1.29, 1.82) is 0 Å². The minimum absolute atomic E-state index is 0.0708. The van der Waals surface area contributed by atoms with Gasteiger partial charge >= 0.3 is 5.97 Å². The molecular formula is C51H50N4O5. The number of hydrogen-bond acceptors (Lipinski definition) is 7. The van der Waals surface area contributed by atoms with Crippen molar-refractivity contribution in [2.45, 2.75) is 68.3 Å². The number of carbonyl (C=O) groups excluding carboxylic acids is 3. The third kappa shape index (κ3) is 7.14. The molecule has 4 aliphatic rings. The molecule has 6 unspecified atom stereocenters. The van der Waals surface area contributed by atoms with Gasteiger partial charge in [0.05, 0.1) is 24.5 Å². The van der Waals surface area contributed by atoms with Crippen LogP contribution >= 0.6 is 0 Å². The Morgan fingerprint density at radius 1 is 0.783 bits per heavy atom. The molecule has 3 fully saturated rings.